The van der Waals surface area contributed by atoms with Gasteiger partial charge in [0.05, 0.1) is 0 Å². The SMILES string of the molecule is CC1(C)OC(=O)C2=C(C=C2Cc2cc(F)c(F)cc2F)O1. The largest absolute Gasteiger partial charge is 0.452 e. The van der Waals surface area contributed by atoms with Crippen molar-refractivity contribution in [3.05, 3.63) is 58.1 Å². The molecule has 21 heavy (non-hydrogen) atoms. The van der Waals surface area contributed by atoms with Gasteiger partial charge in [0, 0.05) is 26.3 Å². The van der Waals surface area contributed by atoms with E-state index in [1.807, 2.05) is 0 Å². The lowest BCUT2D eigenvalue weighted by Gasteiger charge is -2.36. The molecule has 0 fully saturated rings. The number of hydrogen-bond donors (Lipinski definition) is 0. The predicted octanol–water partition coefficient (Wildman–Crippen LogP) is 3.15. The van der Waals surface area contributed by atoms with Crippen molar-refractivity contribution in [3.8, 4) is 0 Å². The second kappa shape index (κ2) is 4.38. The molecule has 1 aromatic carbocycles. The van der Waals surface area contributed by atoms with E-state index < -0.39 is 29.2 Å². The summed E-state index contributed by atoms with van der Waals surface area (Å²) in [6, 6.07) is 1.26. The summed E-state index contributed by atoms with van der Waals surface area (Å²) in [6.07, 6.45) is 1.53. The molecule has 1 aliphatic heterocycles. The van der Waals surface area contributed by atoms with Gasteiger partial charge in [0.1, 0.15) is 17.1 Å². The topological polar surface area (TPSA) is 35.5 Å². The molecule has 0 saturated carbocycles. The van der Waals surface area contributed by atoms with E-state index in [9.17, 15) is 18.0 Å². The lowest BCUT2D eigenvalue weighted by atomic mass is 9.88. The van der Waals surface area contributed by atoms with Crippen LogP contribution in [0, 0.1) is 17.5 Å². The second-order valence-corrected chi connectivity index (χ2v) is 5.33. The Balaban J connectivity index is 1.83. The van der Waals surface area contributed by atoms with Crippen molar-refractivity contribution in [1.29, 1.82) is 0 Å². The van der Waals surface area contributed by atoms with E-state index in [0.29, 0.717) is 17.4 Å². The molecule has 0 N–H and O–H groups in total. The number of carbonyl (C=O) groups is 1. The van der Waals surface area contributed by atoms with Gasteiger partial charge in [0.2, 0.25) is 5.79 Å². The zero-order valence-corrected chi connectivity index (χ0v) is 11.3. The number of halogens is 3. The first kappa shape index (κ1) is 13.7. The number of rotatable bonds is 2. The van der Waals surface area contributed by atoms with Gasteiger partial charge in [-0.05, 0) is 23.3 Å². The van der Waals surface area contributed by atoms with Gasteiger partial charge in [-0.1, -0.05) is 0 Å². The van der Waals surface area contributed by atoms with Crippen LogP contribution in [0.25, 0.3) is 0 Å². The number of cyclic esters (lactones) is 1. The highest BCUT2D eigenvalue weighted by molar-refractivity contribution is 5.98. The summed E-state index contributed by atoms with van der Waals surface area (Å²) >= 11 is 0. The summed E-state index contributed by atoms with van der Waals surface area (Å²) < 4.78 is 50.1. The maximum atomic E-state index is 13.6. The van der Waals surface area contributed by atoms with Crippen LogP contribution in [0.1, 0.15) is 19.4 Å². The summed E-state index contributed by atoms with van der Waals surface area (Å²) in [6.45, 7) is 3.19. The van der Waals surface area contributed by atoms with Crippen LogP contribution in [-0.2, 0) is 20.7 Å². The number of allylic oxidation sites excluding steroid dienone is 1. The minimum atomic E-state index is -1.25. The average Bonchev–Trinajstić information content (AvgIpc) is 2.31. The van der Waals surface area contributed by atoms with Gasteiger partial charge in [-0.3, -0.25) is 0 Å². The van der Waals surface area contributed by atoms with Crippen molar-refractivity contribution in [3.63, 3.8) is 0 Å². The molecular weight excluding hydrogens is 285 g/mol. The minimum Gasteiger partial charge on any atom is -0.452 e. The monoisotopic (exact) mass is 296 g/mol. The van der Waals surface area contributed by atoms with Gasteiger partial charge < -0.3 is 9.47 Å². The maximum absolute atomic E-state index is 13.6. The molecule has 0 aromatic heterocycles. The van der Waals surface area contributed by atoms with Crippen LogP contribution in [0.2, 0.25) is 0 Å². The van der Waals surface area contributed by atoms with Gasteiger partial charge in [-0.15, -0.1) is 0 Å². The van der Waals surface area contributed by atoms with Gasteiger partial charge in [0.15, 0.2) is 11.6 Å². The molecule has 2 aliphatic rings. The summed E-state index contributed by atoms with van der Waals surface area (Å²) in [5, 5.41) is 0. The average molecular weight is 296 g/mol. The Morgan fingerprint density at radius 2 is 1.71 bits per heavy atom. The Morgan fingerprint density at radius 1 is 1.05 bits per heavy atom. The highest BCUT2D eigenvalue weighted by Crippen LogP contribution is 2.39. The number of esters is 1. The molecule has 110 valence electrons. The van der Waals surface area contributed by atoms with E-state index in [4.69, 9.17) is 9.47 Å². The van der Waals surface area contributed by atoms with E-state index in [1.165, 1.54) is 0 Å². The fourth-order valence-electron chi connectivity index (χ4n) is 2.30. The maximum Gasteiger partial charge on any atom is 0.345 e. The van der Waals surface area contributed by atoms with Crippen molar-refractivity contribution in [2.75, 3.05) is 0 Å². The van der Waals surface area contributed by atoms with Crippen LogP contribution in [-0.4, -0.2) is 11.8 Å². The molecule has 3 rings (SSSR count). The van der Waals surface area contributed by atoms with Gasteiger partial charge in [-0.25, -0.2) is 18.0 Å². The Bertz CT molecular complexity index is 717. The van der Waals surface area contributed by atoms with Gasteiger partial charge in [0.25, 0.3) is 0 Å². The van der Waals surface area contributed by atoms with E-state index in [2.05, 4.69) is 0 Å². The van der Waals surface area contributed by atoms with Crippen LogP contribution in [0.3, 0.4) is 0 Å². The molecule has 1 aliphatic carbocycles. The van der Waals surface area contributed by atoms with Crippen molar-refractivity contribution < 1.29 is 27.4 Å². The quantitative estimate of drug-likeness (QED) is 0.621. The first-order valence-electron chi connectivity index (χ1n) is 6.28. The molecule has 1 aromatic rings. The first-order valence-corrected chi connectivity index (χ1v) is 6.28. The third-order valence-corrected chi connectivity index (χ3v) is 3.24. The van der Waals surface area contributed by atoms with Crippen LogP contribution in [0.5, 0.6) is 0 Å². The molecule has 1 heterocycles. The van der Waals surface area contributed by atoms with Crippen molar-refractivity contribution in [2.24, 2.45) is 0 Å². The first-order chi connectivity index (χ1) is 9.77. The minimum absolute atomic E-state index is 0.0377. The highest BCUT2D eigenvalue weighted by Gasteiger charge is 2.41. The number of carbonyl (C=O) groups excluding carboxylic acids is 1. The summed E-state index contributed by atoms with van der Waals surface area (Å²) in [4.78, 5) is 11.8. The number of benzene rings is 1. The van der Waals surface area contributed by atoms with Crippen molar-refractivity contribution in [2.45, 2.75) is 26.1 Å². The fraction of sp³-hybridized carbons (Fsp3) is 0.267. The lowest BCUT2D eigenvalue weighted by molar-refractivity contribution is -0.206. The molecule has 0 amide bonds. The van der Waals surface area contributed by atoms with Crippen LogP contribution >= 0.6 is 0 Å². The summed E-state index contributed by atoms with van der Waals surface area (Å²) in [5.74, 6) is -4.50. The number of ether oxygens (including phenoxy) is 2. The van der Waals surface area contributed by atoms with Crippen molar-refractivity contribution in [1.82, 2.24) is 0 Å². The zero-order valence-electron chi connectivity index (χ0n) is 11.3. The third kappa shape index (κ3) is 2.30. The molecule has 0 atom stereocenters. The Hall–Kier alpha value is -2.24. The Kier molecular flexibility index (Phi) is 2.86. The van der Waals surface area contributed by atoms with Crippen LogP contribution < -0.4 is 0 Å². The van der Waals surface area contributed by atoms with E-state index in [1.54, 1.807) is 19.9 Å². The molecular formula is C15H11F3O3. The van der Waals surface area contributed by atoms with Crippen LogP contribution in [0.15, 0.2) is 35.1 Å². The third-order valence-electron chi connectivity index (χ3n) is 3.24. The molecule has 0 spiro atoms. The molecule has 3 nitrogen and oxygen atoms in total. The summed E-state index contributed by atoms with van der Waals surface area (Å²) in [5.41, 5.74) is 0.651. The predicted molar refractivity (Wildman–Crippen MR) is 66.4 cm³/mol. The smallest absolute Gasteiger partial charge is 0.345 e. The molecule has 0 saturated heterocycles. The lowest BCUT2D eigenvalue weighted by Crippen LogP contribution is -2.39. The Morgan fingerprint density at radius 3 is 2.38 bits per heavy atom. The summed E-state index contributed by atoms with van der Waals surface area (Å²) in [7, 11) is 0. The molecule has 0 unspecified atom stereocenters. The standard InChI is InChI=1S/C15H11F3O3/c1-15(2)20-12-5-8(13(12)14(19)21-15)3-7-4-10(17)11(18)6-9(7)16/h4-6H,3H2,1-2H3. The van der Waals surface area contributed by atoms with Gasteiger partial charge >= 0.3 is 5.97 Å². The van der Waals surface area contributed by atoms with E-state index in [-0.39, 0.29) is 17.6 Å². The highest BCUT2D eigenvalue weighted by atomic mass is 19.2. The van der Waals surface area contributed by atoms with Crippen LogP contribution in [0.4, 0.5) is 13.2 Å². The van der Waals surface area contributed by atoms with Crippen molar-refractivity contribution >= 4 is 5.97 Å². The Labute approximate surface area is 118 Å². The number of hydrogen-bond acceptors (Lipinski definition) is 3. The normalized spacial score (nSPS) is 19.3. The zero-order chi connectivity index (χ0) is 15.4. The van der Waals surface area contributed by atoms with E-state index in [0.717, 1.165) is 6.07 Å². The molecule has 6 heteroatoms. The van der Waals surface area contributed by atoms with E-state index >= 15 is 0 Å². The molecule has 0 radical (unpaired) electrons. The van der Waals surface area contributed by atoms with Gasteiger partial charge in [-0.2, -0.15) is 0 Å². The second-order valence-electron chi connectivity index (χ2n) is 5.33. The fourth-order valence-corrected chi connectivity index (χ4v) is 2.30. The molecule has 0 bridgehead atoms.